The van der Waals surface area contributed by atoms with Crippen molar-refractivity contribution in [2.45, 2.75) is 13.8 Å². The first kappa shape index (κ1) is 14.5. The van der Waals surface area contributed by atoms with Gasteiger partial charge in [0.15, 0.2) is 0 Å². The van der Waals surface area contributed by atoms with Gasteiger partial charge in [0.05, 0.1) is 4.47 Å². The third-order valence-corrected chi connectivity index (χ3v) is 3.59. The molecule has 0 aliphatic heterocycles. The van der Waals surface area contributed by atoms with Crippen LogP contribution < -0.4 is 5.32 Å². The number of benzene rings is 2. The Balaban J connectivity index is 2.27. The Morgan fingerprint density at radius 1 is 1.20 bits per heavy atom. The highest BCUT2D eigenvalue weighted by molar-refractivity contribution is 9.10. The zero-order valence-electron chi connectivity index (χ0n) is 11.0. The molecule has 0 radical (unpaired) electrons. The monoisotopic (exact) mass is 337 g/mol. The molecule has 0 unspecified atom stereocenters. The van der Waals surface area contributed by atoms with Gasteiger partial charge in [-0.1, -0.05) is 6.07 Å². The Labute approximate surface area is 124 Å². The van der Waals surface area contributed by atoms with Gasteiger partial charge in [0, 0.05) is 11.3 Å². The van der Waals surface area contributed by atoms with Crippen LogP contribution in [0.2, 0.25) is 0 Å². The van der Waals surface area contributed by atoms with Gasteiger partial charge >= 0.3 is 0 Å². The van der Waals surface area contributed by atoms with E-state index in [1.165, 1.54) is 12.1 Å². The van der Waals surface area contributed by atoms with Gasteiger partial charge in [0.2, 0.25) is 0 Å². The number of phenols is 1. The highest BCUT2D eigenvalue weighted by atomic mass is 79.9. The lowest BCUT2D eigenvalue weighted by Crippen LogP contribution is -2.13. The van der Waals surface area contributed by atoms with Crippen LogP contribution in [-0.4, -0.2) is 11.0 Å². The molecule has 0 aliphatic rings. The number of aromatic hydroxyl groups is 1. The van der Waals surface area contributed by atoms with Crippen molar-refractivity contribution in [3.63, 3.8) is 0 Å². The lowest BCUT2D eigenvalue weighted by molar-refractivity contribution is 0.102. The van der Waals surface area contributed by atoms with Crippen molar-refractivity contribution in [1.29, 1.82) is 0 Å². The zero-order chi connectivity index (χ0) is 14.9. The van der Waals surface area contributed by atoms with E-state index in [9.17, 15) is 14.3 Å². The number of nitrogens with one attached hydrogen (secondary N) is 1. The van der Waals surface area contributed by atoms with Gasteiger partial charge in [-0.2, -0.15) is 0 Å². The van der Waals surface area contributed by atoms with Gasteiger partial charge < -0.3 is 10.4 Å². The maximum atomic E-state index is 13.5. The van der Waals surface area contributed by atoms with Gasteiger partial charge in [-0.25, -0.2) is 4.39 Å². The Morgan fingerprint density at radius 3 is 2.55 bits per heavy atom. The number of carbonyl (C=O) groups is 1. The minimum atomic E-state index is -0.447. The van der Waals surface area contributed by atoms with E-state index in [1.54, 1.807) is 32.0 Å². The first-order valence-corrected chi connectivity index (χ1v) is 6.74. The minimum Gasteiger partial charge on any atom is -0.508 e. The summed E-state index contributed by atoms with van der Waals surface area (Å²) in [7, 11) is 0. The average molecular weight is 338 g/mol. The molecule has 0 spiro atoms. The summed E-state index contributed by atoms with van der Waals surface area (Å²) < 4.78 is 13.8. The summed E-state index contributed by atoms with van der Waals surface area (Å²) in [5, 5.41) is 12.2. The highest BCUT2D eigenvalue weighted by Gasteiger charge is 2.11. The molecule has 0 bridgehead atoms. The summed E-state index contributed by atoms with van der Waals surface area (Å²) in [5.74, 6) is -0.792. The molecule has 2 N–H and O–H groups in total. The molecule has 0 heterocycles. The van der Waals surface area contributed by atoms with Crippen molar-refractivity contribution in [3.05, 3.63) is 57.3 Å². The lowest BCUT2D eigenvalue weighted by atomic mass is 10.1. The predicted octanol–water partition coefficient (Wildman–Crippen LogP) is 4.16. The fraction of sp³-hybridized carbons (Fsp3) is 0.133. The summed E-state index contributed by atoms with van der Waals surface area (Å²) in [6.45, 7) is 3.51. The van der Waals surface area contributed by atoms with E-state index in [4.69, 9.17) is 0 Å². The first-order chi connectivity index (χ1) is 9.38. The molecule has 0 aromatic heterocycles. The fourth-order valence-corrected chi connectivity index (χ4v) is 2.18. The number of anilines is 1. The van der Waals surface area contributed by atoms with Crippen molar-refractivity contribution in [2.24, 2.45) is 0 Å². The van der Waals surface area contributed by atoms with Crippen LogP contribution >= 0.6 is 15.9 Å². The molecule has 1 amide bonds. The van der Waals surface area contributed by atoms with E-state index < -0.39 is 11.7 Å². The van der Waals surface area contributed by atoms with Crippen LogP contribution in [-0.2, 0) is 0 Å². The zero-order valence-corrected chi connectivity index (χ0v) is 12.6. The van der Waals surface area contributed by atoms with Crippen molar-refractivity contribution in [3.8, 4) is 5.75 Å². The average Bonchev–Trinajstić information content (AvgIpc) is 2.39. The lowest BCUT2D eigenvalue weighted by Gasteiger charge is -2.10. The van der Waals surface area contributed by atoms with E-state index in [0.29, 0.717) is 21.3 Å². The van der Waals surface area contributed by atoms with E-state index in [-0.39, 0.29) is 5.75 Å². The van der Waals surface area contributed by atoms with Crippen LogP contribution in [0.3, 0.4) is 0 Å². The normalized spacial score (nSPS) is 10.4. The van der Waals surface area contributed by atoms with Crippen molar-refractivity contribution < 1.29 is 14.3 Å². The molecule has 5 heteroatoms. The molecule has 0 fully saturated rings. The summed E-state index contributed by atoms with van der Waals surface area (Å²) in [6, 6.07) is 7.49. The summed E-state index contributed by atoms with van der Waals surface area (Å²) in [4.78, 5) is 12.1. The van der Waals surface area contributed by atoms with E-state index in [0.717, 1.165) is 5.56 Å². The van der Waals surface area contributed by atoms with E-state index in [1.807, 2.05) is 0 Å². The molecule has 2 aromatic carbocycles. The van der Waals surface area contributed by atoms with Crippen LogP contribution in [0.15, 0.2) is 34.8 Å². The van der Waals surface area contributed by atoms with Crippen molar-refractivity contribution >= 4 is 27.5 Å². The smallest absolute Gasteiger partial charge is 0.255 e. The van der Waals surface area contributed by atoms with Crippen LogP contribution in [0.5, 0.6) is 5.75 Å². The van der Waals surface area contributed by atoms with Crippen LogP contribution in [0.25, 0.3) is 0 Å². The fourth-order valence-electron chi connectivity index (χ4n) is 1.73. The number of rotatable bonds is 2. The van der Waals surface area contributed by atoms with Gasteiger partial charge in [-0.15, -0.1) is 0 Å². The number of phenolic OH excluding ortho intramolecular Hbond substituents is 1. The van der Waals surface area contributed by atoms with Gasteiger partial charge in [0.25, 0.3) is 5.91 Å². The van der Waals surface area contributed by atoms with Crippen LogP contribution in [0, 0.1) is 19.7 Å². The topological polar surface area (TPSA) is 49.3 Å². The minimum absolute atomic E-state index is 0.0522. The molecule has 3 nitrogen and oxygen atoms in total. The number of halogens is 2. The molecule has 2 rings (SSSR count). The molecule has 2 aromatic rings. The molecule has 0 aliphatic carbocycles. The molecule has 0 saturated heterocycles. The SMILES string of the molecule is Cc1ccc(C(=O)Nc2cc(F)c(Br)cc2C)cc1O. The maximum absolute atomic E-state index is 13.5. The van der Waals surface area contributed by atoms with Crippen LogP contribution in [0.4, 0.5) is 10.1 Å². The number of aryl methyl sites for hydroxylation is 2. The molecular formula is C15H13BrFNO2. The Hall–Kier alpha value is -1.88. The molecule has 104 valence electrons. The quantitative estimate of drug-likeness (QED) is 0.864. The Bertz CT molecular complexity index is 686. The highest BCUT2D eigenvalue weighted by Crippen LogP contribution is 2.25. The van der Waals surface area contributed by atoms with E-state index >= 15 is 0 Å². The molecule has 0 atom stereocenters. The summed E-state index contributed by atoms with van der Waals surface area (Å²) in [5.41, 5.74) is 2.14. The molecule has 20 heavy (non-hydrogen) atoms. The summed E-state index contributed by atoms with van der Waals surface area (Å²) >= 11 is 3.09. The Kier molecular flexibility index (Phi) is 4.09. The largest absolute Gasteiger partial charge is 0.508 e. The predicted molar refractivity (Wildman–Crippen MR) is 79.6 cm³/mol. The van der Waals surface area contributed by atoms with E-state index in [2.05, 4.69) is 21.2 Å². The third kappa shape index (κ3) is 2.99. The number of amides is 1. The molecular weight excluding hydrogens is 325 g/mol. The van der Waals surface area contributed by atoms with Crippen molar-refractivity contribution in [1.82, 2.24) is 0 Å². The second kappa shape index (κ2) is 5.63. The number of hydrogen-bond acceptors (Lipinski definition) is 2. The standard InChI is InChI=1S/C15H13BrFNO2/c1-8-3-4-10(6-14(8)19)15(20)18-13-7-12(17)11(16)5-9(13)2/h3-7,19H,1-2H3,(H,18,20). The van der Waals surface area contributed by atoms with Gasteiger partial charge in [-0.3, -0.25) is 4.79 Å². The first-order valence-electron chi connectivity index (χ1n) is 5.95. The van der Waals surface area contributed by atoms with Crippen LogP contribution in [0.1, 0.15) is 21.5 Å². The number of carbonyl (C=O) groups excluding carboxylic acids is 1. The third-order valence-electron chi connectivity index (χ3n) is 2.99. The van der Waals surface area contributed by atoms with Gasteiger partial charge in [0.1, 0.15) is 11.6 Å². The second-order valence-corrected chi connectivity index (χ2v) is 5.39. The number of hydrogen-bond donors (Lipinski definition) is 2. The maximum Gasteiger partial charge on any atom is 0.255 e. The molecule has 0 saturated carbocycles. The van der Waals surface area contributed by atoms with Crippen molar-refractivity contribution in [2.75, 3.05) is 5.32 Å². The van der Waals surface area contributed by atoms with Gasteiger partial charge in [-0.05, 0) is 65.2 Å². The summed E-state index contributed by atoms with van der Waals surface area (Å²) in [6.07, 6.45) is 0. The second-order valence-electron chi connectivity index (χ2n) is 4.54. The Morgan fingerprint density at radius 2 is 1.90 bits per heavy atom.